The highest BCUT2D eigenvalue weighted by Gasteiger charge is 2.06. The van der Waals surface area contributed by atoms with Gasteiger partial charge in [-0.3, -0.25) is 4.90 Å². The number of hydrogen-bond acceptors (Lipinski definition) is 4. The molecule has 5 heteroatoms. The normalized spacial score (nSPS) is 16.1. The van der Waals surface area contributed by atoms with Gasteiger partial charge in [-0.2, -0.15) is 0 Å². The lowest BCUT2D eigenvalue weighted by atomic mass is 10.3. The number of nitrogen functional groups attached to an aromatic ring is 1. The Hall–Kier alpha value is -0.810. The summed E-state index contributed by atoms with van der Waals surface area (Å²) in [6.07, 6.45) is 0. The zero-order valence-corrected chi connectivity index (χ0v) is 10.7. The van der Waals surface area contributed by atoms with Gasteiger partial charge in [0.05, 0.1) is 6.61 Å². The molecule has 1 aliphatic heterocycles. The van der Waals surface area contributed by atoms with Gasteiger partial charge in [-0.15, -0.1) is 0 Å². The monoisotopic (exact) mass is 257 g/mol. The van der Waals surface area contributed by atoms with Gasteiger partial charge in [-0.25, -0.2) is 0 Å². The van der Waals surface area contributed by atoms with E-state index < -0.39 is 0 Å². The number of aliphatic hydroxyl groups excluding tert-OH is 1. The highest BCUT2D eigenvalue weighted by Crippen LogP contribution is 2.10. The van der Waals surface area contributed by atoms with Crippen LogP contribution in [0.2, 0.25) is 5.02 Å². The van der Waals surface area contributed by atoms with E-state index in [0.717, 1.165) is 32.7 Å². The molecule has 1 aromatic carbocycles. The smallest absolute Gasteiger partial charge is 0.0558 e. The van der Waals surface area contributed by atoms with Crippen molar-refractivity contribution in [2.24, 2.45) is 0 Å². The Labute approximate surface area is 107 Å². The second-order valence-electron chi connectivity index (χ2n) is 3.87. The Morgan fingerprint density at radius 1 is 1.35 bits per heavy atom. The molecule has 4 N–H and O–H groups in total. The molecule has 0 bridgehead atoms. The third-order valence-electron chi connectivity index (χ3n) is 2.47. The summed E-state index contributed by atoms with van der Waals surface area (Å²) in [4.78, 5) is 2.26. The van der Waals surface area contributed by atoms with Crippen molar-refractivity contribution in [3.8, 4) is 0 Å². The van der Waals surface area contributed by atoms with Crippen molar-refractivity contribution in [1.29, 1.82) is 0 Å². The van der Waals surface area contributed by atoms with Crippen LogP contribution in [0.15, 0.2) is 24.3 Å². The maximum absolute atomic E-state index is 8.56. The minimum atomic E-state index is 0.292. The van der Waals surface area contributed by atoms with Crippen LogP contribution in [0.1, 0.15) is 0 Å². The molecule has 4 nitrogen and oxygen atoms in total. The third-order valence-corrected chi connectivity index (χ3v) is 2.71. The number of nitrogens with two attached hydrogens (primary N) is 1. The van der Waals surface area contributed by atoms with Gasteiger partial charge in [0.15, 0.2) is 0 Å². The van der Waals surface area contributed by atoms with Crippen LogP contribution in [0, 0.1) is 0 Å². The van der Waals surface area contributed by atoms with E-state index in [2.05, 4.69) is 10.2 Å². The Morgan fingerprint density at radius 2 is 2.06 bits per heavy atom. The van der Waals surface area contributed by atoms with Gasteiger partial charge in [-0.05, 0) is 18.2 Å². The molecule has 2 rings (SSSR count). The Balaban J connectivity index is 0.000000171. The Kier molecular flexibility index (Phi) is 6.96. The molecule has 1 fully saturated rings. The highest BCUT2D eigenvalue weighted by atomic mass is 35.5. The molecular formula is C12H20ClN3O. The predicted molar refractivity (Wildman–Crippen MR) is 72.3 cm³/mol. The number of nitrogens with zero attached hydrogens (tertiary/aromatic N) is 1. The lowest BCUT2D eigenvalue weighted by Gasteiger charge is -2.25. The summed E-state index contributed by atoms with van der Waals surface area (Å²) in [5.74, 6) is 0. The van der Waals surface area contributed by atoms with Crippen molar-refractivity contribution in [1.82, 2.24) is 10.2 Å². The molecule has 0 aliphatic carbocycles. The number of piperazine rings is 1. The molecule has 0 atom stereocenters. The number of halogens is 1. The van der Waals surface area contributed by atoms with Gasteiger partial charge in [0.2, 0.25) is 0 Å². The molecular weight excluding hydrogens is 238 g/mol. The number of anilines is 1. The summed E-state index contributed by atoms with van der Waals surface area (Å²) in [5, 5.41) is 12.5. The topological polar surface area (TPSA) is 61.5 Å². The summed E-state index contributed by atoms with van der Waals surface area (Å²) in [7, 11) is 0. The van der Waals surface area contributed by atoms with Crippen LogP contribution in [0.3, 0.4) is 0 Å². The summed E-state index contributed by atoms with van der Waals surface area (Å²) in [6, 6.07) is 7.11. The minimum absolute atomic E-state index is 0.292. The summed E-state index contributed by atoms with van der Waals surface area (Å²) in [6.45, 7) is 5.43. The van der Waals surface area contributed by atoms with Gasteiger partial charge in [0, 0.05) is 43.4 Å². The first-order valence-corrected chi connectivity index (χ1v) is 6.15. The number of nitrogens with one attached hydrogen (secondary N) is 1. The van der Waals surface area contributed by atoms with Crippen molar-refractivity contribution in [3.05, 3.63) is 29.3 Å². The van der Waals surface area contributed by atoms with Crippen molar-refractivity contribution in [2.75, 3.05) is 45.1 Å². The maximum atomic E-state index is 8.56. The van der Waals surface area contributed by atoms with E-state index in [4.69, 9.17) is 22.4 Å². The van der Waals surface area contributed by atoms with Crippen LogP contribution in [0.25, 0.3) is 0 Å². The molecule has 0 amide bonds. The van der Waals surface area contributed by atoms with Crippen molar-refractivity contribution < 1.29 is 5.11 Å². The number of rotatable bonds is 2. The third kappa shape index (κ3) is 6.48. The fourth-order valence-corrected chi connectivity index (χ4v) is 1.78. The summed E-state index contributed by atoms with van der Waals surface area (Å²) < 4.78 is 0. The number of β-amino-alcohol motifs (C(OH)–C–C–N with tert-alkyl or cyclic N) is 1. The average molecular weight is 258 g/mol. The second kappa shape index (κ2) is 8.31. The molecule has 1 heterocycles. The molecule has 1 saturated heterocycles. The van der Waals surface area contributed by atoms with E-state index in [1.807, 2.05) is 6.07 Å². The summed E-state index contributed by atoms with van der Waals surface area (Å²) in [5.41, 5.74) is 6.08. The minimum Gasteiger partial charge on any atom is -0.399 e. The van der Waals surface area contributed by atoms with Crippen LogP contribution in [0.5, 0.6) is 0 Å². The van der Waals surface area contributed by atoms with Crippen LogP contribution in [-0.4, -0.2) is 49.3 Å². The van der Waals surface area contributed by atoms with Crippen molar-refractivity contribution in [3.63, 3.8) is 0 Å². The summed E-state index contributed by atoms with van der Waals surface area (Å²) >= 11 is 5.56. The number of hydrogen-bond donors (Lipinski definition) is 3. The van der Waals surface area contributed by atoms with Gasteiger partial charge >= 0.3 is 0 Å². The molecule has 96 valence electrons. The molecule has 0 radical (unpaired) electrons. The van der Waals surface area contributed by atoms with Gasteiger partial charge in [0.1, 0.15) is 0 Å². The zero-order chi connectivity index (χ0) is 12.5. The molecule has 1 aliphatic rings. The Morgan fingerprint density at radius 3 is 2.53 bits per heavy atom. The SMILES string of the molecule is Nc1cccc(Cl)c1.OCCN1CCNCC1. The highest BCUT2D eigenvalue weighted by molar-refractivity contribution is 6.30. The molecule has 0 aromatic heterocycles. The van der Waals surface area contributed by atoms with E-state index in [1.54, 1.807) is 18.2 Å². The fourth-order valence-electron chi connectivity index (χ4n) is 1.58. The van der Waals surface area contributed by atoms with Crippen molar-refractivity contribution >= 4 is 17.3 Å². The van der Waals surface area contributed by atoms with Crippen LogP contribution < -0.4 is 11.1 Å². The molecule has 0 unspecified atom stereocenters. The van der Waals surface area contributed by atoms with E-state index >= 15 is 0 Å². The van der Waals surface area contributed by atoms with Crippen LogP contribution in [0.4, 0.5) is 5.69 Å². The first-order chi connectivity index (χ1) is 8.22. The first-order valence-electron chi connectivity index (χ1n) is 5.77. The van der Waals surface area contributed by atoms with Crippen LogP contribution in [-0.2, 0) is 0 Å². The number of benzene rings is 1. The second-order valence-corrected chi connectivity index (χ2v) is 4.31. The van der Waals surface area contributed by atoms with Crippen LogP contribution >= 0.6 is 11.6 Å². The van der Waals surface area contributed by atoms with E-state index in [1.165, 1.54) is 0 Å². The van der Waals surface area contributed by atoms with E-state index in [9.17, 15) is 0 Å². The van der Waals surface area contributed by atoms with Gasteiger partial charge < -0.3 is 16.2 Å². The standard InChI is InChI=1S/C6H6ClN.C6H14N2O/c7-5-2-1-3-6(8)4-5;9-6-5-8-3-1-7-2-4-8/h1-4H,8H2;7,9H,1-6H2. The number of aliphatic hydroxyl groups is 1. The predicted octanol–water partition coefficient (Wildman–Crippen LogP) is 0.806. The first kappa shape index (κ1) is 14.3. The zero-order valence-electron chi connectivity index (χ0n) is 9.90. The maximum Gasteiger partial charge on any atom is 0.0558 e. The quantitative estimate of drug-likeness (QED) is 0.686. The lowest BCUT2D eigenvalue weighted by molar-refractivity contribution is 0.180. The largest absolute Gasteiger partial charge is 0.399 e. The molecule has 17 heavy (non-hydrogen) atoms. The van der Waals surface area contributed by atoms with E-state index in [-0.39, 0.29) is 0 Å². The molecule has 0 spiro atoms. The Bertz CT molecular complexity index is 296. The lowest BCUT2D eigenvalue weighted by Crippen LogP contribution is -2.44. The van der Waals surface area contributed by atoms with Gasteiger partial charge in [0.25, 0.3) is 0 Å². The van der Waals surface area contributed by atoms with E-state index in [0.29, 0.717) is 17.3 Å². The molecule has 0 saturated carbocycles. The van der Waals surface area contributed by atoms with Crippen molar-refractivity contribution in [2.45, 2.75) is 0 Å². The molecule has 1 aromatic rings. The average Bonchev–Trinajstić information content (AvgIpc) is 2.31. The van der Waals surface area contributed by atoms with Gasteiger partial charge in [-0.1, -0.05) is 17.7 Å². The fraction of sp³-hybridized carbons (Fsp3) is 0.500.